The second kappa shape index (κ2) is 19.5. The highest BCUT2D eigenvalue weighted by Crippen LogP contribution is 2.47. The number of ketones is 2. The Hall–Kier alpha value is -5.82. The first-order valence-corrected chi connectivity index (χ1v) is 24.6. The Morgan fingerprint density at radius 2 is 0.891 bits per heavy atom. The summed E-state index contributed by atoms with van der Waals surface area (Å²) in [6.45, 7) is 8.46. The van der Waals surface area contributed by atoms with E-state index in [4.69, 9.17) is 0 Å². The summed E-state index contributed by atoms with van der Waals surface area (Å²) in [5.41, 5.74) is 11.8. The molecule has 7 aromatic carbocycles. The van der Waals surface area contributed by atoms with Gasteiger partial charge in [0.15, 0.2) is 11.6 Å². The number of carbonyl (C=O) groups excluding carboxylic acids is 2. The molecule has 4 nitrogen and oxygen atoms in total. The highest BCUT2D eigenvalue weighted by Gasteiger charge is 2.38. The molecule has 7 aromatic rings. The van der Waals surface area contributed by atoms with Crippen LogP contribution in [0.4, 0.5) is 22.7 Å². The lowest BCUT2D eigenvalue weighted by molar-refractivity contribution is 0.0976. The van der Waals surface area contributed by atoms with E-state index in [9.17, 15) is 0 Å². The van der Waals surface area contributed by atoms with Crippen molar-refractivity contribution < 1.29 is 9.59 Å². The zero-order chi connectivity index (χ0) is 44.2. The van der Waals surface area contributed by atoms with Gasteiger partial charge in [-0.05, 0) is 148 Å². The van der Waals surface area contributed by atoms with E-state index in [1.54, 1.807) is 0 Å². The molecule has 6 heteroatoms. The normalized spacial score (nSPS) is 15.7. The van der Waals surface area contributed by atoms with Gasteiger partial charge < -0.3 is 10.6 Å². The molecule has 2 aliphatic carbocycles. The fourth-order valence-corrected chi connectivity index (χ4v) is 11.2. The lowest BCUT2D eigenvalue weighted by atomic mass is 9.77. The van der Waals surface area contributed by atoms with E-state index in [0.29, 0.717) is 39.5 Å². The summed E-state index contributed by atoms with van der Waals surface area (Å²) in [5, 5.41) is 7.04. The SMILES string of the molecule is CCCCCC1CCC(c2ccc(-c3ccc(Sc4ccc(Nc5ccc(C)cc5)c5c4C(=O)c4c(Nc6ccc(C)cc6)ccc(Sc6ccc(C)cc6)c4C5=O)cc3)cc2)CC1. The number of nitrogens with one attached hydrogen (secondary N) is 2. The molecule has 0 heterocycles. The van der Waals surface area contributed by atoms with Gasteiger partial charge in [-0.3, -0.25) is 9.59 Å². The van der Waals surface area contributed by atoms with Gasteiger partial charge in [-0.25, -0.2) is 0 Å². The van der Waals surface area contributed by atoms with Crippen LogP contribution in [-0.2, 0) is 0 Å². The monoisotopic (exact) mass is 876 g/mol. The number of hydrogen-bond acceptors (Lipinski definition) is 6. The van der Waals surface area contributed by atoms with Crippen LogP contribution in [0, 0.1) is 26.7 Å². The third-order valence-electron chi connectivity index (χ3n) is 13.0. The number of rotatable bonds is 14. The van der Waals surface area contributed by atoms with Crippen LogP contribution < -0.4 is 10.6 Å². The Balaban J connectivity index is 1.04. The summed E-state index contributed by atoms with van der Waals surface area (Å²) in [6.07, 6.45) is 10.8. The lowest BCUT2D eigenvalue weighted by Gasteiger charge is -2.29. The van der Waals surface area contributed by atoms with Gasteiger partial charge in [-0.1, -0.05) is 146 Å². The molecule has 0 aliphatic heterocycles. The third kappa shape index (κ3) is 9.64. The summed E-state index contributed by atoms with van der Waals surface area (Å²) in [5.74, 6) is 1.21. The minimum Gasteiger partial charge on any atom is -0.355 e. The van der Waals surface area contributed by atoms with Crippen LogP contribution in [0.3, 0.4) is 0 Å². The molecule has 0 aromatic heterocycles. The van der Waals surface area contributed by atoms with Crippen molar-refractivity contribution in [1.82, 2.24) is 0 Å². The summed E-state index contributed by atoms with van der Waals surface area (Å²) in [7, 11) is 0. The van der Waals surface area contributed by atoms with Gasteiger partial charge in [-0.15, -0.1) is 0 Å². The zero-order valence-electron chi connectivity index (χ0n) is 37.3. The molecule has 1 fully saturated rings. The molecule has 0 radical (unpaired) electrons. The second-order valence-electron chi connectivity index (χ2n) is 17.7. The maximum atomic E-state index is 15.4. The molecule has 322 valence electrons. The van der Waals surface area contributed by atoms with E-state index in [0.717, 1.165) is 59.1 Å². The first-order valence-electron chi connectivity index (χ1n) is 22.9. The van der Waals surface area contributed by atoms with Gasteiger partial charge in [0.25, 0.3) is 0 Å². The molecule has 0 atom stereocenters. The standard InChI is InChI=1S/C58H56N2O2S2/c1-5-6-7-8-40-15-17-41(18-16-40)42-19-21-43(22-20-42)44-23-31-48(32-24-44)64-52-36-34-50(60-46-27-11-38(3)12-28-46)54-56(52)58(62)53-49(59-45-25-9-37(2)10-26-45)33-35-51(55(53)57(54)61)63-47-29-13-39(4)14-30-47/h9-14,19-36,40-41,59-60H,5-8,15-18H2,1-4H3. The molecule has 64 heavy (non-hydrogen) atoms. The Morgan fingerprint density at radius 3 is 1.34 bits per heavy atom. The number of anilines is 4. The van der Waals surface area contributed by atoms with E-state index >= 15 is 9.59 Å². The molecule has 0 spiro atoms. The largest absolute Gasteiger partial charge is 0.355 e. The molecular weight excluding hydrogens is 821 g/mol. The van der Waals surface area contributed by atoms with E-state index in [2.05, 4.69) is 111 Å². The molecule has 0 bridgehead atoms. The minimum absolute atomic E-state index is 0.178. The summed E-state index contributed by atoms with van der Waals surface area (Å²) >= 11 is 3.03. The highest BCUT2D eigenvalue weighted by molar-refractivity contribution is 7.99. The van der Waals surface area contributed by atoms with Crippen LogP contribution in [0.5, 0.6) is 0 Å². The van der Waals surface area contributed by atoms with Gasteiger partial charge in [-0.2, -0.15) is 0 Å². The number of benzene rings is 7. The van der Waals surface area contributed by atoms with Gasteiger partial charge >= 0.3 is 0 Å². The quantitative estimate of drug-likeness (QED) is 0.106. The first-order chi connectivity index (χ1) is 31.2. The fourth-order valence-electron chi connectivity index (χ4n) is 9.29. The number of fused-ring (bicyclic) bond motifs is 2. The lowest BCUT2D eigenvalue weighted by Crippen LogP contribution is -2.25. The molecule has 0 unspecified atom stereocenters. The van der Waals surface area contributed by atoms with Gasteiger partial charge in [0.2, 0.25) is 0 Å². The average Bonchev–Trinajstić information content (AvgIpc) is 3.32. The Morgan fingerprint density at radius 1 is 0.469 bits per heavy atom. The van der Waals surface area contributed by atoms with Gasteiger partial charge in [0.1, 0.15) is 0 Å². The van der Waals surface area contributed by atoms with Crippen LogP contribution in [0.2, 0.25) is 0 Å². The number of hydrogen-bond donors (Lipinski definition) is 2. The molecule has 9 rings (SSSR count). The van der Waals surface area contributed by atoms with Crippen LogP contribution in [-0.4, -0.2) is 11.6 Å². The topological polar surface area (TPSA) is 58.2 Å². The van der Waals surface area contributed by atoms with Crippen molar-refractivity contribution in [3.63, 3.8) is 0 Å². The number of unbranched alkanes of at least 4 members (excludes halogenated alkanes) is 2. The van der Waals surface area contributed by atoms with Crippen molar-refractivity contribution in [1.29, 1.82) is 0 Å². The van der Waals surface area contributed by atoms with E-state index < -0.39 is 0 Å². The third-order valence-corrected chi connectivity index (χ3v) is 15.1. The summed E-state index contributed by atoms with van der Waals surface area (Å²) in [6, 6.07) is 50.1. The predicted molar refractivity (Wildman–Crippen MR) is 269 cm³/mol. The number of carbonyl (C=O) groups is 2. The maximum absolute atomic E-state index is 15.4. The van der Waals surface area contributed by atoms with Crippen LogP contribution in [0.25, 0.3) is 11.1 Å². The van der Waals surface area contributed by atoms with E-state index in [1.165, 1.54) is 86.0 Å². The smallest absolute Gasteiger partial charge is 0.197 e. The fraction of sp³-hybridized carbons (Fsp3) is 0.241. The van der Waals surface area contributed by atoms with Crippen LogP contribution in [0.15, 0.2) is 165 Å². The van der Waals surface area contributed by atoms with Crippen molar-refractivity contribution in [2.75, 3.05) is 10.6 Å². The van der Waals surface area contributed by atoms with Crippen molar-refractivity contribution in [3.8, 4) is 11.1 Å². The summed E-state index contributed by atoms with van der Waals surface area (Å²) in [4.78, 5) is 34.3. The van der Waals surface area contributed by atoms with Gasteiger partial charge in [0, 0.05) is 42.1 Å². The molecule has 2 N–H and O–H groups in total. The average molecular weight is 877 g/mol. The zero-order valence-corrected chi connectivity index (χ0v) is 38.9. The van der Waals surface area contributed by atoms with Crippen molar-refractivity contribution in [3.05, 3.63) is 190 Å². The molecule has 1 saturated carbocycles. The van der Waals surface area contributed by atoms with Gasteiger partial charge in [0.05, 0.1) is 22.5 Å². The maximum Gasteiger partial charge on any atom is 0.197 e. The molecular formula is C58H56N2O2S2. The molecule has 0 amide bonds. The Bertz CT molecular complexity index is 2770. The number of aryl methyl sites for hydroxylation is 3. The van der Waals surface area contributed by atoms with Crippen LogP contribution in [0.1, 0.15) is 118 Å². The molecule has 0 saturated heterocycles. The van der Waals surface area contributed by atoms with Crippen molar-refractivity contribution >= 4 is 57.8 Å². The van der Waals surface area contributed by atoms with Crippen LogP contribution >= 0.6 is 23.5 Å². The molecule has 2 aliphatic rings. The highest BCUT2D eigenvalue weighted by atomic mass is 32.2. The minimum atomic E-state index is -0.178. The van der Waals surface area contributed by atoms with Crippen molar-refractivity contribution in [2.24, 2.45) is 5.92 Å². The Labute approximate surface area is 387 Å². The Kier molecular flexibility index (Phi) is 13.2. The second-order valence-corrected chi connectivity index (χ2v) is 20.0. The predicted octanol–water partition coefficient (Wildman–Crippen LogP) is 16.7. The van der Waals surface area contributed by atoms with E-state index in [-0.39, 0.29) is 11.6 Å². The van der Waals surface area contributed by atoms with E-state index in [1.807, 2.05) is 72.8 Å². The first kappa shape index (κ1) is 43.4. The van der Waals surface area contributed by atoms with Crippen molar-refractivity contribution in [2.45, 2.75) is 105 Å². The summed E-state index contributed by atoms with van der Waals surface area (Å²) < 4.78 is 0.